The van der Waals surface area contributed by atoms with Crippen LogP contribution in [0.25, 0.3) is 0 Å². The fourth-order valence-electron chi connectivity index (χ4n) is 0.660. The average Bonchev–Trinajstić information content (AvgIpc) is 2.57. The van der Waals surface area contributed by atoms with Crippen LogP contribution in [0.3, 0.4) is 0 Å². The van der Waals surface area contributed by atoms with Gasteiger partial charge in [-0.15, -0.1) is 0 Å². The van der Waals surface area contributed by atoms with Crippen LogP contribution < -0.4 is 0 Å². The molecule has 66 valence electrons. The van der Waals surface area contributed by atoms with E-state index in [0.717, 1.165) is 0 Å². The van der Waals surface area contributed by atoms with Crippen LogP contribution in [0.4, 0.5) is 0 Å². The van der Waals surface area contributed by atoms with Crippen molar-refractivity contribution in [2.75, 3.05) is 6.61 Å². The number of ether oxygens (including phenoxy) is 1. The molecule has 1 aromatic rings. The molecule has 1 rings (SSSR count). The predicted octanol–water partition coefficient (Wildman–Crippen LogP) is 0.565. The summed E-state index contributed by atoms with van der Waals surface area (Å²) < 4.78 is 9.49. The summed E-state index contributed by atoms with van der Waals surface area (Å²) in [7, 11) is 0. The number of carbonyl (C=O) groups excluding carboxylic acids is 1. The molecule has 0 saturated carbocycles. The second kappa shape index (κ2) is 4.48. The van der Waals surface area contributed by atoms with Gasteiger partial charge in [0.1, 0.15) is 6.61 Å². The zero-order chi connectivity index (χ0) is 8.81. The molecule has 0 atom stereocenters. The van der Waals surface area contributed by atoms with Crippen molar-refractivity contribution in [3.63, 3.8) is 0 Å². The molecular formula is C7H10N2O3. The van der Waals surface area contributed by atoms with Gasteiger partial charge in [0.25, 0.3) is 0 Å². The summed E-state index contributed by atoms with van der Waals surface area (Å²) in [6.07, 6.45) is 2.19. The highest BCUT2D eigenvalue weighted by Crippen LogP contribution is 1.93. The zero-order valence-electron chi connectivity index (χ0n) is 6.82. The van der Waals surface area contributed by atoms with Crippen LogP contribution in [-0.4, -0.2) is 22.7 Å². The predicted molar refractivity (Wildman–Crippen MR) is 39.3 cm³/mol. The van der Waals surface area contributed by atoms with E-state index >= 15 is 0 Å². The van der Waals surface area contributed by atoms with Crippen molar-refractivity contribution >= 4 is 5.97 Å². The Morgan fingerprint density at radius 2 is 2.58 bits per heavy atom. The van der Waals surface area contributed by atoms with Gasteiger partial charge in [0.2, 0.25) is 5.89 Å². The van der Waals surface area contributed by atoms with Gasteiger partial charge in [-0.2, -0.15) is 4.98 Å². The molecule has 5 heteroatoms. The van der Waals surface area contributed by atoms with Crippen molar-refractivity contribution in [3.05, 3.63) is 12.2 Å². The smallest absolute Gasteiger partial charge is 0.305 e. The maximum absolute atomic E-state index is 10.7. The summed E-state index contributed by atoms with van der Waals surface area (Å²) in [5.41, 5.74) is 0. The van der Waals surface area contributed by atoms with Gasteiger partial charge in [0.15, 0.2) is 6.33 Å². The Bertz CT molecular complexity index is 233. The largest absolute Gasteiger partial charge is 0.465 e. The highest BCUT2D eigenvalue weighted by atomic mass is 16.5. The van der Waals surface area contributed by atoms with Crippen molar-refractivity contribution in [3.8, 4) is 0 Å². The van der Waals surface area contributed by atoms with Crippen molar-refractivity contribution in [1.29, 1.82) is 0 Å². The molecular weight excluding hydrogens is 160 g/mol. The van der Waals surface area contributed by atoms with E-state index < -0.39 is 0 Å². The molecule has 0 radical (unpaired) electrons. The Labute approximate surface area is 69.7 Å². The molecule has 0 amide bonds. The van der Waals surface area contributed by atoms with Crippen LogP contribution >= 0.6 is 0 Å². The molecule has 0 fully saturated rings. The highest BCUT2D eigenvalue weighted by Gasteiger charge is 2.01. The first-order valence-electron chi connectivity index (χ1n) is 3.74. The first-order valence-corrected chi connectivity index (χ1v) is 3.74. The first kappa shape index (κ1) is 8.70. The van der Waals surface area contributed by atoms with Crippen LogP contribution in [0, 0.1) is 0 Å². The minimum Gasteiger partial charge on any atom is -0.465 e. The first-order chi connectivity index (χ1) is 5.83. The van der Waals surface area contributed by atoms with E-state index in [4.69, 9.17) is 9.26 Å². The summed E-state index contributed by atoms with van der Waals surface area (Å²) >= 11 is 0. The summed E-state index contributed by atoms with van der Waals surface area (Å²) in [6, 6.07) is 0. The lowest BCUT2D eigenvalue weighted by Crippen LogP contribution is -2.05. The molecule has 0 saturated heterocycles. The third kappa shape index (κ3) is 2.69. The third-order valence-corrected chi connectivity index (χ3v) is 1.27. The quantitative estimate of drug-likeness (QED) is 0.618. The zero-order valence-corrected chi connectivity index (χ0v) is 6.82. The number of hydrogen-bond donors (Lipinski definition) is 0. The van der Waals surface area contributed by atoms with Crippen molar-refractivity contribution in [1.82, 2.24) is 10.1 Å². The van der Waals surface area contributed by atoms with E-state index in [9.17, 15) is 4.79 Å². The molecule has 0 bridgehead atoms. The number of aromatic nitrogens is 2. The highest BCUT2D eigenvalue weighted by molar-refractivity contribution is 5.68. The lowest BCUT2D eigenvalue weighted by atomic mass is 10.4. The molecule has 12 heavy (non-hydrogen) atoms. The van der Waals surface area contributed by atoms with Gasteiger partial charge in [-0.3, -0.25) is 4.79 Å². The van der Waals surface area contributed by atoms with E-state index in [1.165, 1.54) is 6.33 Å². The fourth-order valence-corrected chi connectivity index (χ4v) is 0.660. The Hall–Kier alpha value is -1.39. The molecule has 0 N–H and O–H groups in total. The van der Waals surface area contributed by atoms with E-state index in [1.54, 1.807) is 6.92 Å². The normalized spacial score (nSPS) is 9.75. The van der Waals surface area contributed by atoms with Gasteiger partial charge in [-0.1, -0.05) is 12.1 Å². The second-order valence-electron chi connectivity index (χ2n) is 2.16. The number of nitrogens with zero attached hydrogens (tertiary/aromatic N) is 2. The van der Waals surface area contributed by atoms with Crippen LogP contribution in [0.1, 0.15) is 19.2 Å². The third-order valence-electron chi connectivity index (χ3n) is 1.27. The number of hydrogen-bond acceptors (Lipinski definition) is 5. The fraction of sp³-hybridized carbons (Fsp3) is 0.571. The molecule has 0 aliphatic carbocycles. The van der Waals surface area contributed by atoms with Gasteiger partial charge in [-0.05, 0) is 0 Å². The Morgan fingerprint density at radius 1 is 1.75 bits per heavy atom. The molecule has 0 unspecified atom stereocenters. The van der Waals surface area contributed by atoms with E-state index in [2.05, 4.69) is 10.1 Å². The molecule has 1 heterocycles. The Balaban J connectivity index is 2.15. The molecule has 0 aliphatic rings. The Morgan fingerprint density at radius 3 is 3.17 bits per heavy atom. The van der Waals surface area contributed by atoms with Crippen LogP contribution in [-0.2, 0) is 16.0 Å². The minimum absolute atomic E-state index is 0.213. The molecule has 1 aromatic heterocycles. The van der Waals surface area contributed by atoms with Crippen LogP contribution in [0.2, 0.25) is 0 Å². The van der Waals surface area contributed by atoms with Gasteiger partial charge < -0.3 is 9.26 Å². The maximum atomic E-state index is 10.7. The van der Waals surface area contributed by atoms with Gasteiger partial charge in [0.05, 0.1) is 6.42 Å². The van der Waals surface area contributed by atoms with Crippen LogP contribution in [0.15, 0.2) is 10.9 Å². The monoisotopic (exact) mass is 170 g/mol. The van der Waals surface area contributed by atoms with E-state index in [0.29, 0.717) is 25.3 Å². The summed E-state index contributed by atoms with van der Waals surface area (Å²) in [4.78, 5) is 14.4. The second-order valence-corrected chi connectivity index (χ2v) is 2.16. The van der Waals surface area contributed by atoms with Gasteiger partial charge in [-0.25, -0.2) is 0 Å². The van der Waals surface area contributed by atoms with Crippen molar-refractivity contribution < 1.29 is 14.1 Å². The number of carbonyl (C=O) groups is 1. The standard InChI is InChI=1S/C7H10N2O3/c1-2-7(10)11-4-3-6-8-5-9-12-6/h5H,2-4H2,1H3. The SMILES string of the molecule is CCC(=O)OCCc1ncno1. The minimum atomic E-state index is -0.213. The Kier molecular flexibility index (Phi) is 3.25. The van der Waals surface area contributed by atoms with Gasteiger partial charge in [0, 0.05) is 6.42 Å². The summed E-state index contributed by atoms with van der Waals surface area (Å²) in [5.74, 6) is 0.272. The maximum Gasteiger partial charge on any atom is 0.305 e. The summed E-state index contributed by atoms with van der Waals surface area (Å²) in [6.45, 7) is 2.05. The molecule has 5 nitrogen and oxygen atoms in total. The van der Waals surface area contributed by atoms with Gasteiger partial charge >= 0.3 is 5.97 Å². The summed E-state index contributed by atoms with van der Waals surface area (Å²) in [5, 5.41) is 3.41. The van der Waals surface area contributed by atoms with Crippen molar-refractivity contribution in [2.45, 2.75) is 19.8 Å². The average molecular weight is 170 g/mol. The lowest BCUT2D eigenvalue weighted by molar-refractivity contribution is -0.143. The number of rotatable bonds is 4. The van der Waals surface area contributed by atoms with E-state index in [1.807, 2.05) is 0 Å². The molecule has 0 spiro atoms. The number of esters is 1. The van der Waals surface area contributed by atoms with Crippen LogP contribution in [0.5, 0.6) is 0 Å². The van der Waals surface area contributed by atoms with E-state index in [-0.39, 0.29) is 5.97 Å². The molecule has 0 aliphatic heterocycles. The molecule has 0 aromatic carbocycles. The topological polar surface area (TPSA) is 65.2 Å². The lowest BCUT2D eigenvalue weighted by Gasteiger charge is -1.98. The van der Waals surface area contributed by atoms with Crippen molar-refractivity contribution in [2.24, 2.45) is 0 Å².